The summed E-state index contributed by atoms with van der Waals surface area (Å²) in [5.74, 6) is -1.06. The van der Waals surface area contributed by atoms with Gasteiger partial charge in [0.15, 0.2) is 11.6 Å². The molecule has 0 aliphatic rings. The number of methoxy groups -OCH3 is 1. The molecule has 1 N–H and O–H groups in total. The fourth-order valence-electron chi connectivity index (χ4n) is 2.29. The molecule has 0 saturated heterocycles. The van der Waals surface area contributed by atoms with E-state index < -0.39 is 23.4 Å². The number of esters is 1. The molecule has 0 bridgehead atoms. The number of aromatic nitrogens is 2. The zero-order chi connectivity index (χ0) is 19.4. The topological polar surface area (TPSA) is 125 Å². The molecule has 0 fully saturated rings. The van der Waals surface area contributed by atoms with Crippen molar-refractivity contribution in [3.05, 3.63) is 51.8 Å². The van der Waals surface area contributed by atoms with Gasteiger partial charge < -0.3 is 14.8 Å². The summed E-state index contributed by atoms with van der Waals surface area (Å²) in [4.78, 5) is 39.0. The Morgan fingerprint density at radius 3 is 2.93 bits per heavy atom. The highest BCUT2D eigenvalue weighted by Gasteiger charge is 2.15. The van der Waals surface area contributed by atoms with E-state index in [2.05, 4.69) is 10.3 Å². The number of carbonyl (C=O) groups is 2. The predicted molar refractivity (Wildman–Crippen MR) is 96.0 cm³/mol. The van der Waals surface area contributed by atoms with Crippen LogP contribution in [0.5, 0.6) is 5.75 Å². The first-order valence-corrected chi connectivity index (χ1v) is 8.53. The van der Waals surface area contributed by atoms with Crippen molar-refractivity contribution in [1.82, 2.24) is 9.38 Å². The third-order valence-electron chi connectivity index (χ3n) is 3.50. The molecule has 2 aromatic heterocycles. The van der Waals surface area contributed by atoms with Crippen LogP contribution in [0.25, 0.3) is 4.96 Å². The van der Waals surface area contributed by atoms with E-state index >= 15 is 0 Å². The first kappa shape index (κ1) is 18.3. The van der Waals surface area contributed by atoms with Gasteiger partial charge in [0.05, 0.1) is 35.9 Å². The second-order valence-corrected chi connectivity index (χ2v) is 6.23. The van der Waals surface area contributed by atoms with Gasteiger partial charge >= 0.3 is 5.97 Å². The first-order valence-electron chi connectivity index (χ1n) is 7.65. The van der Waals surface area contributed by atoms with Crippen LogP contribution < -0.4 is 10.1 Å². The van der Waals surface area contributed by atoms with Crippen molar-refractivity contribution in [1.29, 1.82) is 0 Å². The number of benzene rings is 1. The van der Waals surface area contributed by atoms with Crippen LogP contribution in [0.15, 0.2) is 36.0 Å². The Morgan fingerprint density at radius 2 is 2.22 bits per heavy atom. The minimum absolute atomic E-state index is 0.0530. The molecule has 0 radical (unpaired) electrons. The van der Waals surface area contributed by atoms with Crippen LogP contribution in [-0.4, -0.2) is 39.9 Å². The molecule has 0 unspecified atom stereocenters. The zero-order valence-electron chi connectivity index (χ0n) is 14.1. The van der Waals surface area contributed by atoms with Crippen LogP contribution in [-0.2, 0) is 20.7 Å². The van der Waals surface area contributed by atoms with Gasteiger partial charge in [-0.3, -0.25) is 24.1 Å². The van der Waals surface area contributed by atoms with Crippen molar-refractivity contribution in [2.24, 2.45) is 0 Å². The summed E-state index contributed by atoms with van der Waals surface area (Å²) >= 11 is 1.44. The number of carbonyl (C=O) groups excluding carboxylic acids is 2. The minimum atomic E-state index is -0.596. The van der Waals surface area contributed by atoms with Gasteiger partial charge in [-0.25, -0.2) is 4.98 Å². The fraction of sp³-hybridized carbons (Fsp3) is 0.188. The molecule has 1 amide bonds. The number of nitro benzene ring substituents is 1. The van der Waals surface area contributed by atoms with E-state index in [4.69, 9.17) is 9.47 Å². The fourth-order valence-corrected chi connectivity index (χ4v) is 3.01. The lowest BCUT2D eigenvalue weighted by Crippen LogP contribution is -2.22. The molecule has 3 aromatic rings. The van der Waals surface area contributed by atoms with E-state index in [-0.39, 0.29) is 23.5 Å². The summed E-state index contributed by atoms with van der Waals surface area (Å²) in [6.45, 7) is -0.499. The van der Waals surface area contributed by atoms with E-state index in [0.717, 1.165) is 4.96 Å². The zero-order valence-corrected chi connectivity index (χ0v) is 14.9. The van der Waals surface area contributed by atoms with E-state index in [1.165, 1.54) is 36.6 Å². The van der Waals surface area contributed by atoms with E-state index in [9.17, 15) is 19.7 Å². The Kier molecular flexibility index (Phi) is 5.31. The summed E-state index contributed by atoms with van der Waals surface area (Å²) in [6, 6.07) is 3.76. The maximum Gasteiger partial charge on any atom is 0.312 e. The molecular weight excluding hydrogens is 376 g/mol. The summed E-state index contributed by atoms with van der Waals surface area (Å²) in [5.41, 5.74) is 0.610. The Bertz CT molecular complexity index is 983. The number of fused-ring (bicyclic) bond motifs is 1. The normalized spacial score (nSPS) is 10.6. The number of hydrogen-bond acceptors (Lipinski definition) is 8. The van der Waals surface area contributed by atoms with Crippen LogP contribution in [0.1, 0.15) is 5.69 Å². The lowest BCUT2D eigenvalue weighted by atomic mass is 10.2. The van der Waals surface area contributed by atoms with Crippen LogP contribution >= 0.6 is 11.3 Å². The third kappa shape index (κ3) is 4.39. The number of ether oxygens (including phenoxy) is 2. The van der Waals surface area contributed by atoms with Crippen LogP contribution in [0.4, 0.5) is 11.4 Å². The van der Waals surface area contributed by atoms with Gasteiger partial charge in [0.2, 0.25) is 0 Å². The number of non-ortho nitro benzene ring substituents is 1. The number of thiazole rings is 1. The van der Waals surface area contributed by atoms with Gasteiger partial charge in [-0.15, -0.1) is 11.3 Å². The highest BCUT2D eigenvalue weighted by atomic mass is 32.1. The average Bonchev–Trinajstić information content (AvgIpc) is 3.21. The molecule has 27 heavy (non-hydrogen) atoms. The van der Waals surface area contributed by atoms with Gasteiger partial charge in [0, 0.05) is 23.8 Å². The molecule has 0 atom stereocenters. The first-order chi connectivity index (χ1) is 13.0. The molecule has 0 aliphatic heterocycles. The molecule has 0 saturated carbocycles. The van der Waals surface area contributed by atoms with Crippen molar-refractivity contribution in [2.45, 2.75) is 6.42 Å². The molecule has 140 valence electrons. The molecule has 11 heteroatoms. The molecule has 1 aromatic carbocycles. The molecule has 10 nitrogen and oxygen atoms in total. The van der Waals surface area contributed by atoms with Crippen LogP contribution in [0.3, 0.4) is 0 Å². The van der Waals surface area contributed by atoms with Gasteiger partial charge in [-0.05, 0) is 6.07 Å². The summed E-state index contributed by atoms with van der Waals surface area (Å²) < 4.78 is 11.8. The highest BCUT2D eigenvalue weighted by molar-refractivity contribution is 7.15. The Labute approximate surface area is 156 Å². The second kappa shape index (κ2) is 7.83. The predicted octanol–water partition coefficient (Wildman–Crippen LogP) is 2.04. The van der Waals surface area contributed by atoms with Gasteiger partial charge in [-0.2, -0.15) is 0 Å². The van der Waals surface area contributed by atoms with E-state index in [1.54, 1.807) is 10.6 Å². The number of amides is 1. The van der Waals surface area contributed by atoms with Gasteiger partial charge in [0.1, 0.15) is 5.75 Å². The van der Waals surface area contributed by atoms with Gasteiger partial charge in [0.25, 0.3) is 11.6 Å². The largest absolute Gasteiger partial charge is 0.494 e. The van der Waals surface area contributed by atoms with E-state index in [0.29, 0.717) is 5.69 Å². The summed E-state index contributed by atoms with van der Waals surface area (Å²) in [6.07, 6.45) is 3.49. The Balaban J connectivity index is 1.53. The van der Waals surface area contributed by atoms with Crippen LogP contribution in [0, 0.1) is 10.1 Å². The summed E-state index contributed by atoms with van der Waals surface area (Å²) in [7, 11) is 1.32. The van der Waals surface area contributed by atoms with Crippen molar-refractivity contribution in [3.8, 4) is 5.75 Å². The lowest BCUT2D eigenvalue weighted by molar-refractivity contribution is -0.384. The second-order valence-electron chi connectivity index (χ2n) is 5.35. The smallest absolute Gasteiger partial charge is 0.312 e. The minimum Gasteiger partial charge on any atom is -0.494 e. The standard InChI is InChI=1S/C16H14N4O6S/c1-25-13-7-11(20(23)24)2-3-12(13)18-14(21)9-26-15(22)6-10-8-19-4-5-27-16(19)17-10/h2-5,7-8H,6,9H2,1H3,(H,18,21). The number of nitrogens with one attached hydrogen (secondary N) is 1. The number of nitrogens with zero attached hydrogens (tertiary/aromatic N) is 3. The number of imidazole rings is 1. The number of anilines is 1. The molecular formula is C16H14N4O6S. The van der Waals surface area contributed by atoms with Crippen molar-refractivity contribution in [2.75, 3.05) is 19.0 Å². The SMILES string of the molecule is COc1cc([N+](=O)[O-])ccc1NC(=O)COC(=O)Cc1cn2ccsc2n1. The van der Waals surface area contributed by atoms with Crippen molar-refractivity contribution < 1.29 is 24.0 Å². The van der Waals surface area contributed by atoms with E-state index in [1.807, 2.05) is 11.6 Å². The molecule has 2 heterocycles. The molecule has 3 rings (SSSR count). The quantitative estimate of drug-likeness (QED) is 0.372. The number of rotatable bonds is 7. The molecule has 0 spiro atoms. The lowest BCUT2D eigenvalue weighted by Gasteiger charge is -2.10. The number of nitro groups is 1. The van der Waals surface area contributed by atoms with Crippen LogP contribution in [0.2, 0.25) is 0 Å². The monoisotopic (exact) mass is 390 g/mol. The highest BCUT2D eigenvalue weighted by Crippen LogP contribution is 2.28. The maximum absolute atomic E-state index is 12.0. The molecule has 0 aliphatic carbocycles. The van der Waals surface area contributed by atoms with Gasteiger partial charge in [-0.1, -0.05) is 0 Å². The van der Waals surface area contributed by atoms with Crippen molar-refractivity contribution in [3.63, 3.8) is 0 Å². The number of hydrogen-bond donors (Lipinski definition) is 1. The maximum atomic E-state index is 12.0. The average molecular weight is 390 g/mol. The third-order valence-corrected chi connectivity index (χ3v) is 4.27. The van der Waals surface area contributed by atoms with Crippen molar-refractivity contribution >= 4 is 39.5 Å². The summed E-state index contributed by atoms with van der Waals surface area (Å²) in [5, 5.41) is 15.1. The Hall–Kier alpha value is -3.47. The Morgan fingerprint density at radius 1 is 1.41 bits per heavy atom.